The van der Waals surface area contributed by atoms with Gasteiger partial charge in [0, 0.05) is 5.56 Å². The van der Waals surface area contributed by atoms with E-state index in [1.54, 1.807) is 24.3 Å². The third-order valence-corrected chi connectivity index (χ3v) is 5.44. The topological polar surface area (TPSA) is 33.0 Å². The zero-order chi connectivity index (χ0) is 19.2. The Labute approximate surface area is 185 Å². The quantitative estimate of drug-likeness (QED) is 0.192. The van der Waals surface area contributed by atoms with E-state index in [2.05, 4.69) is 51.3 Å². The lowest BCUT2D eigenvalue weighted by Crippen LogP contribution is -1.99. The highest BCUT2D eigenvalue weighted by Gasteiger charge is 2.11. The molecule has 0 aromatic heterocycles. The maximum absolute atomic E-state index is 14.0. The van der Waals surface area contributed by atoms with Crippen molar-refractivity contribution < 1.29 is 9.13 Å². The number of nitrogens with zero attached hydrogens (tertiary/aromatic N) is 1. The normalized spacial score (nSPS) is 11.1. The number of hydrogen-bond acceptors (Lipinski definition) is 2. The second kappa shape index (κ2) is 9.33. The number of ether oxygens (including phenoxy) is 1. The van der Waals surface area contributed by atoms with Crippen LogP contribution in [0.25, 0.3) is 11.6 Å². The maximum atomic E-state index is 14.0. The summed E-state index contributed by atoms with van der Waals surface area (Å²) < 4.78 is 21.9. The smallest absolute Gasteiger partial charge is 0.146 e. The van der Waals surface area contributed by atoms with Gasteiger partial charge in [0.1, 0.15) is 18.2 Å². The van der Waals surface area contributed by atoms with Crippen molar-refractivity contribution in [1.82, 2.24) is 0 Å². The molecule has 3 aromatic carbocycles. The van der Waals surface area contributed by atoms with Crippen molar-refractivity contribution in [2.75, 3.05) is 0 Å². The lowest BCUT2D eigenvalue weighted by atomic mass is 10.0. The highest BCUT2D eigenvalue weighted by molar-refractivity contribution is 14.1. The zero-order valence-corrected chi connectivity index (χ0v) is 18.4. The van der Waals surface area contributed by atoms with Gasteiger partial charge >= 0.3 is 0 Å². The first kappa shape index (κ1) is 19.8. The average molecular weight is 581 g/mol. The van der Waals surface area contributed by atoms with Crippen LogP contribution in [0.4, 0.5) is 4.39 Å². The van der Waals surface area contributed by atoms with Gasteiger partial charge in [0.2, 0.25) is 0 Å². The molecule has 0 aliphatic heterocycles. The highest BCUT2D eigenvalue weighted by Crippen LogP contribution is 2.31. The predicted molar refractivity (Wildman–Crippen MR) is 123 cm³/mol. The van der Waals surface area contributed by atoms with E-state index in [1.165, 1.54) is 6.07 Å². The first-order valence-electron chi connectivity index (χ1n) is 8.11. The van der Waals surface area contributed by atoms with E-state index in [1.807, 2.05) is 42.5 Å². The SMILES string of the molecule is N#C/C(=C/c1cc(I)c(OCc2ccccc2)c(I)c1)c1ccccc1F. The molecule has 0 spiro atoms. The van der Waals surface area contributed by atoms with Gasteiger partial charge in [0.25, 0.3) is 0 Å². The molecule has 0 aliphatic rings. The Kier molecular flexibility index (Phi) is 6.85. The standard InChI is InChI=1S/C22H14FI2NO/c23-19-9-5-4-8-18(19)17(13-26)10-16-11-20(24)22(21(25)12-16)27-14-15-6-2-1-3-7-15/h1-12H,14H2/b17-10-. The zero-order valence-electron chi connectivity index (χ0n) is 14.1. The van der Waals surface area contributed by atoms with Gasteiger partial charge in [-0.05, 0) is 80.6 Å². The Morgan fingerprint density at radius 1 is 1.00 bits per heavy atom. The van der Waals surface area contributed by atoms with Gasteiger partial charge in [-0.15, -0.1) is 0 Å². The third kappa shape index (κ3) is 5.08. The molecule has 3 aromatic rings. The van der Waals surface area contributed by atoms with Crippen LogP contribution in [0.15, 0.2) is 66.7 Å². The van der Waals surface area contributed by atoms with E-state index in [0.29, 0.717) is 12.2 Å². The summed E-state index contributed by atoms with van der Waals surface area (Å²) in [5, 5.41) is 9.46. The summed E-state index contributed by atoms with van der Waals surface area (Å²) in [5.74, 6) is 0.402. The van der Waals surface area contributed by atoms with E-state index in [0.717, 1.165) is 24.0 Å². The van der Waals surface area contributed by atoms with E-state index in [4.69, 9.17) is 4.74 Å². The van der Waals surface area contributed by atoms with Gasteiger partial charge in [0.05, 0.1) is 18.8 Å². The summed E-state index contributed by atoms with van der Waals surface area (Å²) >= 11 is 4.44. The molecule has 27 heavy (non-hydrogen) atoms. The predicted octanol–water partition coefficient (Wildman–Crippen LogP) is 6.68. The first-order chi connectivity index (χ1) is 13.1. The maximum Gasteiger partial charge on any atom is 0.146 e. The summed E-state index contributed by atoms with van der Waals surface area (Å²) in [4.78, 5) is 0. The molecule has 5 heteroatoms. The molecule has 0 unspecified atom stereocenters. The van der Waals surface area contributed by atoms with Crippen molar-refractivity contribution in [3.8, 4) is 11.8 Å². The molecule has 0 amide bonds. The molecule has 0 saturated heterocycles. The number of hydrogen-bond donors (Lipinski definition) is 0. The van der Waals surface area contributed by atoms with Gasteiger partial charge in [-0.2, -0.15) is 5.26 Å². The fourth-order valence-corrected chi connectivity index (χ4v) is 4.67. The third-order valence-electron chi connectivity index (χ3n) is 3.84. The van der Waals surface area contributed by atoms with E-state index in [9.17, 15) is 9.65 Å². The lowest BCUT2D eigenvalue weighted by Gasteiger charge is -2.12. The van der Waals surface area contributed by atoms with Crippen molar-refractivity contribution >= 4 is 56.8 Å². The van der Waals surface area contributed by atoms with Crippen LogP contribution in [0, 0.1) is 24.3 Å². The highest BCUT2D eigenvalue weighted by atomic mass is 127. The van der Waals surface area contributed by atoms with Crippen LogP contribution in [0.2, 0.25) is 0 Å². The van der Waals surface area contributed by atoms with Crippen LogP contribution < -0.4 is 4.74 Å². The summed E-state index contributed by atoms with van der Waals surface area (Å²) in [6.07, 6.45) is 1.70. The molecule has 134 valence electrons. The minimum atomic E-state index is -0.405. The molecule has 0 radical (unpaired) electrons. The monoisotopic (exact) mass is 581 g/mol. The second-order valence-corrected chi connectivity index (χ2v) is 8.06. The molecule has 0 atom stereocenters. The van der Waals surface area contributed by atoms with E-state index >= 15 is 0 Å². The molecular formula is C22H14FI2NO. The van der Waals surface area contributed by atoms with Crippen LogP contribution in [0.5, 0.6) is 5.75 Å². The number of rotatable bonds is 5. The molecule has 3 rings (SSSR count). The molecule has 0 heterocycles. The van der Waals surface area contributed by atoms with Gasteiger partial charge in [0.15, 0.2) is 0 Å². The van der Waals surface area contributed by atoms with E-state index in [-0.39, 0.29) is 5.57 Å². The lowest BCUT2D eigenvalue weighted by molar-refractivity contribution is 0.302. The molecule has 0 aliphatic carbocycles. The van der Waals surface area contributed by atoms with Crippen LogP contribution in [-0.2, 0) is 6.61 Å². The molecule has 2 nitrogen and oxygen atoms in total. The summed E-state index contributed by atoms with van der Waals surface area (Å²) in [6.45, 7) is 0.487. The number of nitriles is 1. The van der Waals surface area contributed by atoms with Crippen LogP contribution in [0.3, 0.4) is 0 Å². The van der Waals surface area contributed by atoms with Crippen LogP contribution in [0.1, 0.15) is 16.7 Å². The molecule has 0 bridgehead atoms. The van der Waals surface area contributed by atoms with Gasteiger partial charge in [-0.1, -0.05) is 48.5 Å². The minimum Gasteiger partial charge on any atom is -0.487 e. The van der Waals surface area contributed by atoms with Crippen molar-refractivity contribution in [3.63, 3.8) is 0 Å². The number of allylic oxidation sites excluding steroid dienone is 1. The Morgan fingerprint density at radius 3 is 2.26 bits per heavy atom. The Morgan fingerprint density at radius 2 is 1.63 bits per heavy atom. The van der Waals surface area contributed by atoms with Gasteiger partial charge in [-0.25, -0.2) is 4.39 Å². The van der Waals surface area contributed by atoms with Crippen molar-refractivity contribution in [1.29, 1.82) is 5.26 Å². The molecule has 0 saturated carbocycles. The Hall–Kier alpha value is -1.92. The molecule has 0 N–H and O–H groups in total. The average Bonchev–Trinajstić information content (AvgIpc) is 2.67. The summed E-state index contributed by atoms with van der Waals surface area (Å²) in [6, 6.07) is 22.2. The largest absolute Gasteiger partial charge is 0.487 e. The number of halogens is 3. The Bertz CT molecular complexity index is 1000. The van der Waals surface area contributed by atoms with Crippen LogP contribution in [-0.4, -0.2) is 0 Å². The van der Waals surface area contributed by atoms with Crippen molar-refractivity contribution in [2.45, 2.75) is 6.61 Å². The van der Waals surface area contributed by atoms with Gasteiger partial charge < -0.3 is 4.74 Å². The fourth-order valence-electron chi connectivity index (χ4n) is 2.55. The second-order valence-electron chi connectivity index (χ2n) is 5.74. The minimum absolute atomic E-state index is 0.289. The number of benzene rings is 3. The van der Waals surface area contributed by atoms with Gasteiger partial charge in [-0.3, -0.25) is 0 Å². The summed E-state index contributed by atoms with van der Waals surface area (Å²) in [7, 11) is 0. The fraction of sp³-hybridized carbons (Fsp3) is 0.0455. The molecule has 0 fully saturated rings. The molecular weight excluding hydrogens is 567 g/mol. The first-order valence-corrected chi connectivity index (χ1v) is 10.3. The van der Waals surface area contributed by atoms with Crippen molar-refractivity contribution in [3.05, 3.63) is 96.4 Å². The van der Waals surface area contributed by atoms with Crippen molar-refractivity contribution in [2.24, 2.45) is 0 Å². The van der Waals surface area contributed by atoms with Crippen LogP contribution >= 0.6 is 45.2 Å². The van der Waals surface area contributed by atoms with E-state index < -0.39 is 5.82 Å². The summed E-state index contributed by atoms with van der Waals surface area (Å²) in [5.41, 5.74) is 2.52. The Balaban J connectivity index is 1.88.